The van der Waals surface area contributed by atoms with Gasteiger partial charge in [-0.05, 0) is 41.7 Å². The molecule has 67 heavy (non-hydrogen) atoms. The van der Waals surface area contributed by atoms with Crippen molar-refractivity contribution in [3.05, 3.63) is 193 Å². The molecule has 3 aromatic heterocycles. The second-order valence-corrected chi connectivity index (χ2v) is 15.0. The van der Waals surface area contributed by atoms with Crippen LogP contribution in [0.1, 0.15) is 34.2 Å². The summed E-state index contributed by atoms with van der Waals surface area (Å²) < 4.78 is 7.17. The molecular formula is C48H54N10O9. The van der Waals surface area contributed by atoms with Crippen molar-refractivity contribution in [1.29, 1.82) is 0 Å². The predicted molar refractivity (Wildman–Crippen MR) is 263 cm³/mol. The summed E-state index contributed by atoms with van der Waals surface area (Å²) in [5.74, 6) is 0.0685. The fourth-order valence-electron chi connectivity index (χ4n) is 6.70. The number of hydrogen-bond acceptors (Lipinski definition) is 12. The molecule has 5 heterocycles. The van der Waals surface area contributed by atoms with Crippen LogP contribution in [0.3, 0.4) is 0 Å². The molecule has 0 amide bonds. The number of nitrogen functional groups attached to an aromatic ring is 2. The molecule has 2 aliphatic rings. The predicted octanol–water partition coefficient (Wildman–Crippen LogP) is 2.41. The summed E-state index contributed by atoms with van der Waals surface area (Å²) in [4.78, 5) is 89.3. The van der Waals surface area contributed by atoms with Gasteiger partial charge in [-0.25, -0.2) is 29.2 Å². The molecule has 0 saturated heterocycles. The van der Waals surface area contributed by atoms with E-state index in [9.17, 15) is 33.6 Å². The zero-order valence-corrected chi connectivity index (χ0v) is 38.3. The van der Waals surface area contributed by atoms with E-state index in [1.165, 1.54) is 42.9 Å². The van der Waals surface area contributed by atoms with Gasteiger partial charge in [-0.1, -0.05) is 97.1 Å². The lowest BCUT2D eigenvalue weighted by Crippen LogP contribution is -2.39. The summed E-state index contributed by atoms with van der Waals surface area (Å²) in [7, 11) is 10.1. The van der Waals surface area contributed by atoms with Crippen LogP contribution in [0.4, 0.5) is 23.1 Å². The lowest BCUT2D eigenvalue weighted by Gasteiger charge is -2.07. The van der Waals surface area contributed by atoms with E-state index in [-0.39, 0.29) is 34.0 Å². The van der Waals surface area contributed by atoms with Crippen molar-refractivity contribution in [2.45, 2.75) is 25.7 Å². The molecular weight excluding hydrogens is 861 g/mol. The van der Waals surface area contributed by atoms with E-state index in [0.29, 0.717) is 35.6 Å². The number of fused-ring (bicyclic) bond motifs is 2. The number of nitrogens with zero attached hydrogens (tertiary/aromatic N) is 8. The highest BCUT2D eigenvalue weighted by atomic mass is 16.4. The number of hydrogen-bond donors (Lipinski definition) is 4. The summed E-state index contributed by atoms with van der Waals surface area (Å²) in [5, 5.41) is 15.3. The minimum absolute atomic E-state index is 0.00287. The number of anilines is 2. The van der Waals surface area contributed by atoms with Crippen molar-refractivity contribution in [3.8, 4) is 0 Å². The Morgan fingerprint density at radius 3 is 1.49 bits per heavy atom. The number of aliphatic imine (C=N–C) groups is 2. The van der Waals surface area contributed by atoms with Gasteiger partial charge in [0.15, 0.2) is 0 Å². The third kappa shape index (κ3) is 12.6. The maximum absolute atomic E-state index is 12.1. The van der Waals surface area contributed by atoms with E-state index in [2.05, 4.69) is 22.1 Å². The summed E-state index contributed by atoms with van der Waals surface area (Å²) in [6.45, 7) is 0. The highest BCUT2D eigenvalue weighted by molar-refractivity contribution is 6.04. The van der Waals surface area contributed by atoms with Crippen LogP contribution in [0.25, 0.3) is 12.2 Å². The molecule has 350 valence electrons. The Labute approximate surface area is 384 Å². The van der Waals surface area contributed by atoms with Gasteiger partial charge in [0.05, 0.1) is 11.1 Å². The smallest absolute Gasteiger partial charge is 0.332 e. The lowest BCUT2D eigenvalue weighted by atomic mass is 10.0. The fourth-order valence-corrected chi connectivity index (χ4v) is 6.70. The van der Waals surface area contributed by atoms with Gasteiger partial charge in [0.2, 0.25) is 0 Å². The molecule has 0 aliphatic carbocycles. The number of carboxylic acids is 1. The normalized spacial score (nSPS) is 11.9. The van der Waals surface area contributed by atoms with Crippen molar-refractivity contribution in [2.24, 2.45) is 52.3 Å². The molecule has 19 nitrogen and oxygen atoms in total. The minimum Gasteiger partial charge on any atom is -0.478 e. The molecule has 0 radical (unpaired) electrons. The van der Waals surface area contributed by atoms with Crippen LogP contribution in [-0.4, -0.2) is 62.1 Å². The number of aromatic nitrogens is 6. The Balaban J connectivity index is 0.000000200. The Morgan fingerprint density at radius 2 is 0.985 bits per heavy atom. The molecule has 3 aromatic carbocycles. The zero-order chi connectivity index (χ0) is 49.5. The van der Waals surface area contributed by atoms with E-state index in [4.69, 9.17) is 21.7 Å². The summed E-state index contributed by atoms with van der Waals surface area (Å²) in [6.07, 6.45) is 9.21. The van der Waals surface area contributed by atoms with Crippen molar-refractivity contribution < 1.29 is 15.0 Å². The number of carbonyl (C=O) groups is 1. The first kappa shape index (κ1) is 51.2. The zero-order valence-electron chi connectivity index (χ0n) is 38.3. The average Bonchev–Trinajstić information content (AvgIpc) is 4.00. The SMILES string of the molecule is CO.Cn1c(N)c(N)c(=O)n(C)c1=O.Cn1c2c(c(=O)n(C)c1=O)CC(/C=C/c1ccccc1)=N2.Cn1c2c(c(=O)n(C)c1=O)CC(CCc1ccccc1)=N2.O=C(O)/C=C/c1ccccc1. The number of nitrogens with two attached hydrogens (primary N) is 2. The molecule has 2 aliphatic heterocycles. The minimum atomic E-state index is -0.922. The standard InChI is InChI=1S/C16H17N3O2.C16H15N3O2.C9H8O2.C6H10N4O2.CH4O/c2*1-18-14-13(15(20)19(2)16(18)21)10-12(17-14)9-8-11-6-4-3-5-7-11;10-9(11)7-6-8-4-2-1-3-5-8;1-9-4(8)3(7)5(11)10(2)6(9)12;1-2/h3-7H,8-10H2,1-2H3;3-9H,10H2,1-2H3;1-7H,(H,10,11);7-8H2,1-2H3;2H,1H3/b;9-8+;7-6+;;. The maximum atomic E-state index is 12.1. The largest absolute Gasteiger partial charge is 0.478 e. The fraction of sp³-hybridized carbons (Fsp3) is 0.229. The highest BCUT2D eigenvalue weighted by Gasteiger charge is 2.23. The molecule has 0 atom stereocenters. The van der Waals surface area contributed by atoms with Crippen molar-refractivity contribution in [3.63, 3.8) is 0 Å². The number of aryl methyl sites for hydroxylation is 1. The Hall–Kier alpha value is -8.45. The first-order valence-corrected chi connectivity index (χ1v) is 20.6. The molecule has 8 rings (SSSR count). The summed E-state index contributed by atoms with van der Waals surface area (Å²) >= 11 is 0. The molecule has 0 saturated carbocycles. The van der Waals surface area contributed by atoms with Gasteiger partial charge in [-0.3, -0.25) is 41.8 Å². The molecule has 0 unspecified atom stereocenters. The van der Waals surface area contributed by atoms with E-state index in [1.54, 1.807) is 20.2 Å². The molecule has 6 aromatic rings. The van der Waals surface area contributed by atoms with Crippen LogP contribution in [0.15, 0.2) is 142 Å². The Kier molecular flexibility index (Phi) is 17.9. The van der Waals surface area contributed by atoms with Crippen LogP contribution < -0.4 is 45.2 Å². The average molecular weight is 915 g/mol. The van der Waals surface area contributed by atoms with Crippen LogP contribution in [0.2, 0.25) is 0 Å². The number of aliphatic hydroxyl groups is 1. The van der Waals surface area contributed by atoms with Crippen molar-refractivity contribution in [2.75, 3.05) is 18.6 Å². The second kappa shape index (κ2) is 23.5. The molecule has 0 spiro atoms. The van der Waals surface area contributed by atoms with E-state index < -0.39 is 17.2 Å². The first-order valence-electron chi connectivity index (χ1n) is 20.6. The van der Waals surface area contributed by atoms with Gasteiger partial charge in [0.1, 0.15) is 23.1 Å². The number of aliphatic hydroxyl groups excluding tert-OH is 1. The lowest BCUT2D eigenvalue weighted by molar-refractivity contribution is -0.131. The molecule has 0 bridgehead atoms. The van der Waals surface area contributed by atoms with Gasteiger partial charge in [0.25, 0.3) is 16.7 Å². The van der Waals surface area contributed by atoms with E-state index in [1.807, 2.05) is 91.0 Å². The summed E-state index contributed by atoms with van der Waals surface area (Å²) in [5.41, 5.74) is 14.6. The highest BCUT2D eigenvalue weighted by Crippen LogP contribution is 2.24. The molecule has 6 N–H and O–H groups in total. The number of aliphatic carboxylic acids is 1. The van der Waals surface area contributed by atoms with Crippen molar-refractivity contribution >= 4 is 52.7 Å². The van der Waals surface area contributed by atoms with Crippen LogP contribution >= 0.6 is 0 Å². The van der Waals surface area contributed by atoms with Gasteiger partial charge in [0, 0.05) is 79.7 Å². The van der Waals surface area contributed by atoms with Crippen LogP contribution in [0, 0.1) is 0 Å². The number of rotatable bonds is 7. The van der Waals surface area contributed by atoms with E-state index in [0.717, 1.165) is 66.8 Å². The van der Waals surface area contributed by atoms with Gasteiger partial charge in [-0.15, -0.1) is 0 Å². The number of benzene rings is 3. The van der Waals surface area contributed by atoms with Gasteiger partial charge < -0.3 is 21.7 Å². The maximum Gasteiger partial charge on any atom is 0.332 e. The Morgan fingerprint density at radius 1 is 0.552 bits per heavy atom. The monoisotopic (exact) mass is 914 g/mol. The Bertz CT molecular complexity index is 3190. The number of allylic oxidation sites excluding steroid dienone is 1. The third-order valence-electron chi connectivity index (χ3n) is 10.5. The quantitative estimate of drug-likeness (QED) is 0.169. The molecule has 0 fully saturated rings. The molecule has 19 heteroatoms. The topological polar surface area (TPSA) is 266 Å². The van der Waals surface area contributed by atoms with Crippen LogP contribution in [-0.2, 0) is 66.3 Å². The van der Waals surface area contributed by atoms with E-state index >= 15 is 0 Å². The summed E-state index contributed by atoms with van der Waals surface area (Å²) in [6, 6.07) is 29.4. The second-order valence-electron chi connectivity index (χ2n) is 15.0. The van der Waals surface area contributed by atoms with Crippen LogP contribution in [0.5, 0.6) is 0 Å². The van der Waals surface area contributed by atoms with Gasteiger partial charge in [-0.2, -0.15) is 0 Å². The third-order valence-corrected chi connectivity index (χ3v) is 10.5. The number of carboxylic acid groups (broad SMARTS) is 1. The van der Waals surface area contributed by atoms with Crippen molar-refractivity contribution in [1.82, 2.24) is 27.4 Å². The van der Waals surface area contributed by atoms with Gasteiger partial charge >= 0.3 is 23.0 Å². The first-order chi connectivity index (χ1) is 31.9.